The molecule has 0 aromatic heterocycles. The number of carbonyl (C=O) groups is 1. The van der Waals surface area contributed by atoms with Crippen molar-refractivity contribution in [2.45, 2.75) is 12.6 Å². The van der Waals surface area contributed by atoms with Crippen LogP contribution in [0.1, 0.15) is 21.5 Å². The van der Waals surface area contributed by atoms with Crippen LogP contribution in [0.5, 0.6) is 0 Å². The van der Waals surface area contributed by atoms with E-state index in [0.717, 1.165) is 30.3 Å². The van der Waals surface area contributed by atoms with E-state index < -0.39 is 35.6 Å². The lowest BCUT2D eigenvalue weighted by atomic mass is 10.0. The van der Waals surface area contributed by atoms with E-state index in [1.165, 1.54) is 12.1 Å². The maximum atomic E-state index is 13.4. The third kappa shape index (κ3) is 3.45. The number of hydrogen-bond donors (Lipinski definition) is 0. The third-order valence-corrected chi connectivity index (χ3v) is 2.92. The van der Waals surface area contributed by atoms with Crippen LogP contribution in [0, 0.1) is 11.6 Å². The van der Waals surface area contributed by atoms with Gasteiger partial charge < -0.3 is 0 Å². The molecule has 0 aliphatic heterocycles. The van der Waals surface area contributed by atoms with Crippen molar-refractivity contribution in [2.75, 3.05) is 0 Å². The van der Waals surface area contributed by atoms with Crippen LogP contribution in [-0.4, -0.2) is 5.78 Å². The molecule has 0 aliphatic rings. The maximum absolute atomic E-state index is 13.4. The van der Waals surface area contributed by atoms with E-state index in [4.69, 9.17) is 0 Å². The molecule has 0 aliphatic carbocycles. The molecule has 110 valence electrons. The van der Waals surface area contributed by atoms with Gasteiger partial charge in [0, 0.05) is 12.0 Å². The van der Waals surface area contributed by atoms with E-state index in [1.54, 1.807) is 0 Å². The van der Waals surface area contributed by atoms with Gasteiger partial charge in [0.15, 0.2) is 17.4 Å². The number of halogens is 5. The Labute approximate surface area is 117 Å². The maximum Gasteiger partial charge on any atom is 0.416 e. The second-order valence-corrected chi connectivity index (χ2v) is 4.39. The predicted molar refractivity (Wildman–Crippen MR) is 65.8 cm³/mol. The quantitative estimate of drug-likeness (QED) is 0.606. The van der Waals surface area contributed by atoms with Crippen LogP contribution >= 0.6 is 0 Å². The first kappa shape index (κ1) is 15.2. The molecule has 0 fully saturated rings. The summed E-state index contributed by atoms with van der Waals surface area (Å²) in [7, 11) is 0. The minimum Gasteiger partial charge on any atom is -0.294 e. The second-order valence-electron chi connectivity index (χ2n) is 4.39. The Morgan fingerprint density at radius 2 is 1.57 bits per heavy atom. The summed E-state index contributed by atoms with van der Waals surface area (Å²) >= 11 is 0. The number of hydrogen-bond acceptors (Lipinski definition) is 1. The number of carbonyl (C=O) groups excluding carboxylic acids is 1. The van der Waals surface area contributed by atoms with Gasteiger partial charge in [-0.3, -0.25) is 4.79 Å². The number of alkyl halides is 3. The van der Waals surface area contributed by atoms with Crippen molar-refractivity contribution >= 4 is 5.78 Å². The summed E-state index contributed by atoms with van der Waals surface area (Å²) in [4.78, 5) is 11.9. The molecule has 21 heavy (non-hydrogen) atoms. The van der Waals surface area contributed by atoms with Gasteiger partial charge in [-0.05, 0) is 23.8 Å². The zero-order valence-electron chi connectivity index (χ0n) is 10.5. The van der Waals surface area contributed by atoms with Gasteiger partial charge in [-0.1, -0.05) is 24.3 Å². The molecule has 6 heteroatoms. The number of rotatable bonds is 3. The van der Waals surface area contributed by atoms with E-state index >= 15 is 0 Å². The molecular weight excluding hydrogens is 291 g/mol. The van der Waals surface area contributed by atoms with Crippen LogP contribution < -0.4 is 0 Å². The Morgan fingerprint density at radius 1 is 0.952 bits per heavy atom. The van der Waals surface area contributed by atoms with Crippen molar-refractivity contribution in [1.82, 2.24) is 0 Å². The molecular formula is C15H9F5O. The summed E-state index contributed by atoms with van der Waals surface area (Å²) in [5, 5.41) is 0. The van der Waals surface area contributed by atoms with Gasteiger partial charge in [0.25, 0.3) is 0 Å². The van der Waals surface area contributed by atoms with Crippen LogP contribution in [0.3, 0.4) is 0 Å². The largest absolute Gasteiger partial charge is 0.416 e. The first-order valence-corrected chi connectivity index (χ1v) is 5.92. The SMILES string of the molecule is O=C(Cc1cccc(F)c1F)c1ccc(C(F)(F)F)cc1. The van der Waals surface area contributed by atoms with Crippen molar-refractivity contribution in [2.24, 2.45) is 0 Å². The van der Waals surface area contributed by atoms with Gasteiger partial charge in [-0.25, -0.2) is 8.78 Å². The minimum absolute atomic E-state index is 0.00617. The fourth-order valence-electron chi connectivity index (χ4n) is 1.81. The van der Waals surface area contributed by atoms with Crippen molar-refractivity contribution in [3.63, 3.8) is 0 Å². The van der Waals surface area contributed by atoms with Crippen LogP contribution in [0.15, 0.2) is 42.5 Å². The van der Waals surface area contributed by atoms with Gasteiger partial charge in [0.1, 0.15) is 0 Å². The first-order valence-electron chi connectivity index (χ1n) is 5.92. The highest BCUT2D eigenvalue weighted by atomic mass is 19.4. The molecule has 0 heterocycles. The highest BCUT2D eigenvalue weighted by Crippen LogP contribution is 2.29. The average Bonchev–Trinajstić information content (AvgIpc) is 2.43. The summed E-state index contributed by atoms with van der Waals surface area (Å²) in [5.74, 6) is -2.79. The molecule has 0 atom stereocenters. The van der Waals surface area contributed by atoms with Crippen LogP contribution in [0.2, 0.25) is 0 Å². The lowest BCUT2D eigenvalue weighted by Crippen LogP contribution is -2.08. The van der Waals surface area contributed by atoms with Gasteiger partial charge in [0.05, 0.1) is 5.56 Å². The second kappa shape index (κ2) is 5.63. The highest BCUT2D eigenvalue weighted by Gasteiger charge is 2.30. The van der Waals surface area contributed by atoms with Crippen molar-refractivity contribution < 1.29 is 26.7 Å². The summed E-state index contributed by atoms with van der Waals surface area (Å²) in [6.07, 6.45) is -4.91. The smallest absolute Gasteiger partial charge is 0.294 e. The average molecular weight is 300 g/mol. The summed E-state index contributed by atoms with van der Waals surface area (Å²) in [6, 6.07) is 7.00. The molecule has 0 spiro atoms. The summed E-state index contributed by atoms with van der Waals surface area (Å²) < 4.78 is 63.6. The summed E-state index contributed by atoms with van der Waals surface area (Å²) in [6.45, 7) is 0. The lowest BCUT2D eigenvalue weighted by molar-refractivity contribution is -0.137. The molecule has 0 N–H and O–H groups in total. The number of Topliss-reactive ketones (excluding diaryl/α,β-unsaturated/α-hetero) is 1. The molecule has 1 nitrogen and oxygen atoms in total. The fraction of sp³-hybridized carbons (Fsp3) is 0.133. The molecule has 0 bridgehead atoms. The zero-order chi connectivity index (χ0) is 15.6. The minimum atomic E-state index is -4.49. The van der Waals surface area contributed by atoms with Crippen LogP contribution in [0.25, 0.3) is 0 Å². The topological polar surface area (TPSA) is 17.1 Å². The third-order valence-electron chi connectivity index (χ3n) is 2.92. The van der Waals surface area contributed by atoms with E-state index in [-0.39, 0.29) is 11.1 Å². The molecule has 0 unspecified atom stereocenters. The molecule has 0 saturated carbocycles. The van der Waals surface area contributed by atoms with Gasteiger partial charge >= 0.3 is 6.18 Å². The van der Waals surface area contributed by atoms with E-state index in [0.29, 0.717) is 0 Å². The Hall–Kier alpha value is -2.24. The standard InChI is InChI=1S/C15H9F5O/c16-12-3-1-2-10(14(12)17)8-13(21)9-4-6-11(7-5-9)15(18,19)20/h1-7H,8H2. The Bertz CT molecular complexity index is 659. The molecule has 2 aromatic rings. The van der Waals surface area contributed by atoms with Gasteiger partial charge in [-0.2, -0.15) is 13.2 Å². The van der Waals surface area contributed by atoms with E-state index in [2.05, 4.69) is 0 Å². The van der Waals surface area contributed by atoms with Crippen LogP contribution in [0.4, 0.5) is 22.0 Å². The van der Waals surface area contributed by atoms with Crippen molar-refractivity contribution in [1.29, 1.82) is 0 Å². The monoisotopic (exact) mass is 300 g/mol. The molecule has 0 saturated heterocycles. The lowest BCUT2D eigenvalue weighted by Gasteiger charge is -2.07. The molecule has 2 rings (SSSR count). The van der Waals surface area contributed by atoms with Crippen molar-refractivity contribution in [3.05, 3.63) is 70.8 Å². The van der Waals surface area contributed by atoms with Gasteiger partial charge in [0.2, 0.25) is 0 Å². The first-order chi connectivity index (χ1) is 9.79. The molecule has 0 radical (unpaired) electrons. The van der Waals surface area contributed by atoms with Crippen molar-refractivity contribution in [3.8, 4) is 0 Å². The van der Waals surface area contributed by atoms with E-state index in [9.17, 15) is 26.7 Å². The van der Waals surface area contributed by atoms with Gasteiger partial charge in [-0.15, -0.1) is 0 Å². The molecule has 0 amide bonds. The van der Waals surface area contributed by atoms with E-state index in [1.807, 2.05) is 0 Å². The Morgan fingerprint density at radius 3 is 2.14 bits per heavy atom. The Kier molecular flexibility index (Phi) is 4.06. The Balaban J connectivity index is 2.19. The summed E-state index contributed by atoms with van der Waals surface area (Å²) in [5.41, 5.74) is -1.01. The van der Waals surface area contributed by atoms with Crippen LogP contribution in [-0.2, 0) is 12.6 Å². The number of benzene rings is 2. The number of ketones is 1. The normalized spacial score (nSPS) is 11.5. The zero-order valence-corrected chi connectivity index (χ0v) is 10.5. The highest BCUT2D eigenvalue weighted by molar-refractivity contribution is 5.97. The fourth-order valence-corrected chi connectivity index (χ4v) is 1.81. The molecule has 2 aromatic carbocycles. The predicted octanol–water partition coefficient (Wildman–Crippen LogP) is 4.41.